The Balaban J connectivity index is 2.10. The lowest BCUT2D eigenvalue weighted by Gasteiger charge is -2.28. The number of nitrogen functional groups attached to an aromatic ring is 1. The highest BCUT2D eigenvalue weighted by molar-refractivity contribution is 7.89. The van der Waals surface area contributed by atoms with Crippen LogP contribution in [-0.4, -0.2) is 15.0 Å². The second-order valence-electron chi connectivity index (χ2n) is 5.74. The van der Waals surface area contributed by atoms with Gasteiger partial charge in [-0.05, 0) is 36.5 Å². The topological polar surface area (TPSA) is 96.0 Å². The minimum absolute atomic E-state index is 0.0463. The number of nitrogens with one attached hydrogen (secondary N) is 1. The molecule has 5 nitrogen and oxygen atoms in total. The molecule has 1 aromatic carbocycles. The molecule has 0 aliphatic heterocycles. The molecule has 6 heteroatoms. The summed E-state index contributed by atoms with van der Waals surface area (Å²) in [4.78, 5) is 0.0463. The van der Waals surface area contributed by atoms with Gasteiger partial charge in [-0.15, -0.1) is 0 Å². The summed E-state index contributed by atoms with van der Waals surface area (Å²) in [5.41, 5.74) is 6.21. The molecule has 0 spiro atoms. The van der Waals surface area contributed by atoms with Gasteiger partial charge in [0.05, 0.1) is 17.3 Å². The van der Waals surface area contributed by atoms with Crippen molar-refractivity contribution in [3.63, 3.8) is 0 Å². The third-order valence-electron chi connectivity index (χ3n) is 4.25. The molecule has 2 rings (SSSR count). The molecule has 0 bridgehead atoms. The van der Waals surface area contributed by atoms with E-state index in [9.17, 15) is 8.42 Å². The molecule has 21 heavy (non-hydrogen) atoms. The van der Waals surface area contributed by atoms with Gasteiger partial charge >= 0.3 is 0 Å². The number of nitrogens with zero attached hydrogens (tertiary/aromatic N) is 1. The van der Waals surface area contributed by atoms with Crippen LogP contribution in [0.25, 0.3) is 0 Å². The zero-order valence-corrected chi connectivity index (χ0v) is 13.0. The molecule has 0 saturated heterocycles. The van der Waals surface area contributed by atoms with Gasteiger partial charge in [-0.25, -0.2) is 13.1 Å². The molecule has 1 fully saturated rings. The van der Waals surface area contributed by atoms with E-state index in [1.807, 2.05) is 6.07 Å². The molecule has 1 saturated carbocycles. The summed E-state index contributed by atoms with van der Waals surface area (Å²) in [6, 6.07) is 6.18. The summed E-state index contributed by atoms with van der Waals surface area (Å²) in [5.74, 6) is 0.924. The fourth-order valence-corrected chi connectivity index (χ4v) is 4.06. The number of anilines is 1. The highest BCUT2D eigenvalue weighted by Crippen LogP contribution is 2.29. The molecule has 1 aliphatic carbocycles. The third-order valence-corrected chi connectivity index (χ3v) is 5.75. The van der Waals surface area contributed by atoms with Crippen molar-refractivity contribution in [1.29, 1.82) is 5.26 Å². The van der Waals surface area contributed by atoms with Crippen molar-refractivity contribution in [2.75, 3.05) is 12.3 Å². The molecule has 0 amide bonds. The lowest BCUT2D eigenvalue weighted by Crippen LogP contribution is -2.33. The molecular weight excluding hydrogens is 286 g/mol. The summed E-state index contributed by atoms with van der Waals surface area (Å²) in [5, 5.41) is 8.79. The largest absolute Gasteiger partial charge is 0.398 e. The van der Waals surface area contributed by atoms with E-state index in [4.69, 9.17) is 11.0 Å². The normalized spacial score (nSPS) is 22.7. The molecule has 0 radical (unpaired) electrons. The summed E-state index contributed by atoms with van der Waals surface area (Å²) < 4.78 is 27.3. The fourth-order valence-electron chi connectivity index (χ4n) is 2.85. The number of nitrogens with two attached hydrogens (primary N) is 1. The number of nitriles is 1. The summed E-state index contributed by atoms with van der Waals surface area (Å²) in [6.45, 7) is 2.62. The van der Waals surface area contributed by atoms with Gasteiger partial charge in [0.1, 0.15) is 4.90 Å². The quantitative estimate of drug-likeness (QED) is 0.834. The van der Waals surface area contributed by atoms with Crippen molar-refractivity contribution >= 4 is 15.7 Å². The van der Waals surface area contributed by atoms with Crippen molar-refractivity contribution in [2.45, 2.75) is 37.5 Å². The van der Waals surface area contributed by atoms with E-state index in [1.165, 1.54) is 24.6 Å². The van der Waals surface area contributed by atoms with Crippen LogP contribution < -0.4 is 10.5 Å². The highest BCUT2D eigenvalue weighted by atomic mass is 32.2. The van der Waals surface area contributed by atoms with E-state index in [0.717, 1.165) is 19.3 Å². The Hall–Kier alpha value is -1.58. The van der Waals surface area contributed by atoms with Crippen LogP contribution >= 0.6 is 0 Å². The molecule has 1 aliphatic rings. The maximum atomic E-state index is 12.3. The van der Waals surface area contributed by atoms with Gasteiger partial charge < -0.3 is 5.73 Å². The van der Waals surface area contributed by atoms with Crippen molar-refractivity contribution < 1.29 is 8.42 Å². The standard InChI is InChI=1S/C15H21N3O2S/c1-11-4-2-3-5-13(11)10-18-21(19,20)15-7-6-12(9-16)8-14(15)17/h6-8,11,13,18H,2-5,10,17H2,1H3. The van der Waals surface area contributed by atoms with Crippen molar-refractivity contribution in [3.8, 4) is 6.07 Å². The van der Waals surface area contributed by atoms with Crippen molar-refractivity contribution in [2.24, 2.45) is 11.8 Å². The molecule has 2 atom stereocenters. The maximum absolute atomic E-state index is 12.3. The number of benzene rings is 1. The fraction of sp³-hybridized carbons (Fsp3) is 0.533. The predicted molar refractivity (Wildman–Crippen MR) is 81.9 cm³/mol. The Bertz CT molecular complexity index is 649. The number of hydrogen-bond donors (Lipinski definition) is 2. The van der Waals surface area contributed by atoms with Crippen LogP contribution in [0.3, 0.4) is 0 Å². The number of rotatable bonds is 4. The van der Waals surface area contributed by atoms with Crippen LogP contribution in [0, 0.1) is 23.2 Å². The van der Waals surface area contributed by atoms with E-state index >= 15 is 0 Å². The second kappa shape index (κ2) is 6.46. The Morgan fingerprint density at radius 3 is 2.71 bits per heavy atom. The number of sulfonamides is 1. The smallest absolute Gasteiger partial charge is 0.242 e. The minimum atomic E-state index is -3.62. The third kappa shape index (κ3) is 3.74. The van der Waals surface area contributed by atoms with Crippen LogP contribution in [0.1, 0.15) is 38.2 Å². The van der Waals surface area contributed by atoms with Crippen LogP contribution in [-0.2, 0) is 10.0 Å². The van der Waals surface area contributed by atoms with Crippen LogP contribution in [0.15, 0.2) is 23.1 Å². The summed E-state index contributed by atoms with van der Waals surface area (Å²) >= 11 is 0. The molecule has 1 aromatic rings. The predicted octanol–water partition coefficient (Wildman–Crippen LogP) is 2.25. The average Bonchev–Trinajstić information content (AvgIpc) is 2.46. The Morgan fingerprint density at radius 1 is 1.38 bits per heavy atom. The summed E-state index contributed by atoms with van der Waals surface area (Å²) in [6.07, 6.45) is 4.61. The van der Waals surface area contributed by atoms with Gasteiger partial charge in [-0.1, -0.05) is 26.2 Å². The first-order valence-electron chi connectivity index (χ1n) is 7.23. The first kappa shape index (κ1) is 15.8. The van der Waals surface area contributed by atoms with E-state index < -0.39 is 10.0 Å². The first-order valence-corrected chi connectivity index (χ1v) is 8.71. The average molecular weight is 307 g/mol. The van der Waals surface area contributed by atoms with Gasteiger partial charge in [0.15, 0.2) is 0 Å². The number of hydrogen-bond acceptors (Lipinski definition) is 4. The van der Waals surface area contributed by atoms with Gasteiger partial charge in [-0.2, -0.15) is 5.26 Å². The molecular formula is C15H21N3O2S. The van der Waals surface area contributed by atoms with Crippen LogP contribution in [0.4, 0.5) is 5.69 Å². The van der Waals surface area contributed by atoms with Gasteiger partial charge in [0, 0.05) is 6.54 Å². The lowest BCUT2D eigenvalue weighted by molar-refractivity contribution is 0.257. The monoisotopic (exact) mass is 307 g/mol. The molecule has 0 aromatic heterocycles. The van der Waals surface area contributed by atoms with Gasteiger partial charge in [0.25, 0.3) is 0 Å². The SMILES string of the molecule is CC1CCCCC1CNS(=O)(=O)c1ccc(C#N)cc1N. The van der Waals surface area contributed by atoms with E-state index in [2.05, 4.69) is 11.6 Å². The Kier molecular flexibility index (Phi) is 4.86. The minimum Gasteiger partial charge on any atom is -0.398 e. The van der Waals surface area contributed by atoms with Gasteiger partial charge in [-0.3, -0.25) is 0 Å². The first-order chi connectivity index (χ1) is 9.94. The Labute approximate surface area is 126 Å². The molecule has 0 heterocycles. The van der Waals surface area contributed by atoms with Crippen molar-refractivity contribution in [3.05, 3.63) is 23.8 Å². The molecule has 3 N–H and O–H groups in total. The van der Waals surface area contributed by atoms with Gasteiger partial charge in [0.2, 0.25) is 10.0 Å². The van der Waals surface area contributed by atoms with E-state index in [-0.39, 0.29) is 10.6 Å². The highest BCUT2D eigenvalue weighted by Gasteiger charge is 2.24. The second-order valence-corrected chi connectivity index (χ2v) is 7.47. The van der Waals surface area contributed by atoms with Crippen LogP contribution in [0.5, 0.6) is 0 Å². The van der Waals surface area contributed by atoms with Crippen LogP contribution in [0.2, 0.25) is 0 Å². The molecule has 2 unspecified atom stereocenters. The van der Waals surface area contributed by atoms with Crippen molar-refractivity contribution in [1.82, 2.24) is 4.72 Å². The summed E-state index contributed by atoms with van der Waals surface area (Å²) in [7, 11) is -3.62. The van der Waals surface area contributed by atoms with E-state index in [1.54, 1.807) is 0 Å². The van der Waals surface area contributed by atoms with E-state index in [0.29, 0.717) is 23.9 Å². The molecule has 114 valence electrons. The zero-order chi connectivity index (χ0) is 15.5. The Morgan fingerprint density at radius 2 is 2.10 bits per heavy atom. The maximum Gasteiger partial charge on any atom is 0.242 e. The lowest BCUT2D eigenvalue weighted by atomic mass is 9.81. The zero-order valence-electron chi connectivity index (χ0n) is 12.2.